The van der Waals surface area contributed by atoms with Crippen molar-refractivity contribution in [2.24, 2.45) is 11.8 Å². The second-order valence-electron chi connectivity index (χ2n) is 11.6. The molecular formula is C32H39F2N4O9P. The van der Waals surface area contributed by atoms with Gasteiger partial charge in [-0.05, 0) is 36.1 Å². The van der Waals surface area contributed by atoms with E-state index in [4.69, 9.17) is 29.0 Å². The zero-order valence-electron chi connectivity index (χ0n) is 26.7. The summed E-state index contributed by atoms with van der Waals surface area (Å²) in [6.45, 7) is 4.25. The molecule has 0 spiro atoms. The standard InChI is InChI=1S/C32H39F2N4O9P/c1-21(2)15-17-43-29(40)25(18-28(39)44-19-23-10-6-4-7-11-23)37-48(42,47-24-12-8-5-9-13-24)45-20-26-22(3)32(33,34)30(46-26)38-16-14-27(35)36-31(38)41/h4-14,16,21-22,25-26,30H,15,17-20H2,1-3H3,(H,37,42)(H2,35,36,41)/t22?,25-,26+,30+,48?/m0/s1. The molecule has 1 aliphatic rings. The molecule has 2 aromatic carbocycles. The molecule has 1 aromatic heterocycles. The summed E-state index contributed by atoms with van der Waals surface area (Å²) < 4.78 is 73.2. The Kier molecular flexibility index (Phi) is 12.4. The Labute approximate surface area is 276 Å². The van der Waals surface area contributed by atoms with Crippen molar-refractivity contribution in [2.45, 2.75) is 64.5 Å². The molecule has 5 atom stereocenters. The minimum atomic E-state index is -4.65. The van der Waals surface area contributed by atoms with Crippen molar-refractivity contribution in [1.82, 2.24) is 14.6 Å². The number of benzene rings is 2. The van der Waals surface area contributed by atoms with Crippen molar-refractivity contribution in [3.63, 3.8) is 0 Å². The maximum absolute atomic E-state index is 15.4. The number of hydrogen-bond donors (Lipinski definition) is 2. The van der Waals surface area contributed by atoms with Gasteiger partial charge in [0.1, 0.15) is 24.2 Å². The number of para-hydroxylation sites is 1. The Balaban J connectivity index is 1.55. The fourth-order valence-corrected chi connectivity index (χ4v) is 6.10. The third-order valence-electron chi connectivity index (χ3n) is 7.43. The summed E-state index contributed by atoms with van der Waals surface area (Å²) in [5.74, 6) is -6.78. The normalized spacial score (nSPS) is 20.5. The molecule has 3 N–H and O–H groups in total. The van der Waals surface area contributed by atoms with Crippen molar-refractivity contribution in [2.75, 3.05) is 18.9 Å². The van der Waals surface area contributed by atoms with Gasteiger partial charge in [-0.1, -0.05) is 69.3 Å². The van der Waals surface area contributed by atoms with E-state index >= 15 is 8.78 Å². The van der Waals surface area contributed by atoms with E-state index in [0.29, 0.717) is 16.6 Å². The van der Waals surface area contributed by atoms with Crippen LogP contribution in [0.1, 0.15) is 45.4 Å². The number of nitrogens with zero attached hydrogens (tertiary/aromatic N) is 2. The number of halogens is 2. The number of hydrogen-bond acceptors (Lipinski definition) is 11. The third kappa shape index (κ3) is 9.92. The maximum atomic E-state index is 15.4. The molecule has 16 heteroatoms. The summed E-state index contributed by atoms with van der Waals surface area (Å²) in [4.78, 5) is 41.9. The molecule has 2 unspecified atom stereocenters. The van der Waals surface area contributed by atoms with E-state index in [9.17, 15) is 18.9 Å². The second kappa shape index (κ2) is 16.3. The van der Waals surface area contributed by atoms with Crippen LogP contribution in [0.4, 0.5) is 14.6 Å². The van der Waals surface area contributed by atoms with Crippen LogP contribution in [0.15, 0.2) is 77.7 Å². The van der Waals surface area contributed by atoms with Crippen LogP contribution in [0.25, 0.3) is 0 Å². The van der Waals surface area contributed by atoms with Gasteiger partial charge < -0.3 is 24.5 Å². The molecule has 2 heterocycles. The molecule has 1 aliphatic heterocycles. The van der Waals surface area contributed by atoms with Gasteiger partial charge in [-0.2, -0.15) is 10.1 Å². The summed E-state index contributed by atoms with van der Waals surface area (Å²) in [5.41, 5.74) is 5.15. The summed E-state index contributed by atoms with van der Waals surface area (Å²) in [7, 11) is -4.65. The molecule has 260 valence electrons. The highest BCUT2D eigenvalue weighted by Crippen LogP contribution is 2.50. The van der Waals surface area contributed by atoms with E-state index in [-0.39, 0.29) is 30.7 Å². The van der Waals surface area contributed by atoms with Crippen LogP contribution in [-0.2, 0) is 39.5 Å². The highest BCUT2D eigenvalue weighted by atomic mass is 31.2. The van der Waals surface area contributed by atoms with Crippen LogP contribution in [-0.4, -0.2) is 52.8 Å². The quantitative estimate of drug-likeness (QED) is 0.154. The zero-order valence-corrected chi connectivity index (χ0v) is 27.6. The first-order chi connectivity index (χ1) is 22.8. The molecule has 0 amide bonds. The predicted molar refractivity (Wildman–Crippen MR) is 170 cm³/mol. The Morgan fingerprint density at radius 2 is 1.75 bits per heavy atom. The molecule has 48 heavy (non-hydrogen) atoms. The van der Waals surface area contributed by atoms with E-state index in [1.54, 1.807) is 48.5 Å². The number of nitrogens with two attached hydrogens (primary N) is 1. The van der Waals surface area contributed by atoms with Crippen molar-refractivity contribution in [3.05, 3.63) is 89.0 Å². The zero-order chi connectivity index (χ0) is 34.9. The molecule has 0 saturated carbocycles. The molecule has 4 rings (SSSR count). The topological polar surface area (TPSA) is 170 Å². The first-order valence-electron chi connectivity index (χ1n) is 15.3. The molecule has 1 fully saturated rings. The van der Waals surface area contributed by atoms with Gasteiger partial charge in [-0.15, -0.1) is 0 Å². The molecular weight excluding hydrogens is 653 g/mol. The lowest BCUT2D eigenvalue weighted by Crippen LogP contribution is -2.40. The number of esters is 2. The lowest BCUT2D eigenvalue weighted by atomic mass is 10.00. The lowest BCUT2D eigenvalue weighted by Gasteiger charge is -2.26. The van der Waals surface area contributed by atoms with Crippen LogP contribution in [0, 0.1) is 11.8 Å². The van der Waals surface area contributed by atoms with Crippen molar-refractivity contribution < 1.29 is 46.2 Å². The average Bonchev–Trinajstić information content (AvgIpc) is 3.26. The van der Waals surface area contributed by atoms with E-state index in [2.05, 4.69) is 10.1 Å². The first-order valence-corrected chi connectivity index (χ1v) is 16.8. The first kappa shape index (κ1) is 36.7. The highest BCUT2D eigenvalue weighted by Gasteiger charge is 2.58. The summed E-state index contributed by atoms with van der Waals surface area (Å²) in [6.07, 6.45) is -2.54. The van der Waals surface area contributed by atoms with E-state index in [0.717, 1.165) is 6.20 Å². The minimum absolute atomic E-state index is 0.0156. The number of carbonyl (C=O) groups excluding carboxylic acids is 2. The van der Waals surface area contributed by atoms with Crippen LogP contribution >= 0.6 is 7.75 Å². The number of alkyl halides is 2. The van der Waals surface area contributed by atoms with Crippen molar-refractivity contribution >= 4 is 25.5 Å². The fourth-order valence-electron chi connectivity index (χ4n) is 4.60. The van der Waals surface area contributed by atoms with E-state index in [1.165, 1.54) is 25.1 Å². The van der Waals surface area contributed by atoms with Crippen molar-refractivity contribution in [3.8, 4) is 5.75 Å². The van der Waals surface area contributed by atoms with Crippen LogP contribution in [0.5, 0.6) is 5.75 Å². The Bertz CT molecular complexity index is 1630. The molecule has 0 bridgehead atoms. The Morgan fingerprint density at radius 3 is 2.40 bits per heavy atom. The van der Waals surface area contributed by atoms with Gasteiger partial charge in [0.2, 0.25) is 6.23 Å². The smallest absolute Gasteiger partial charge is 0.459 e. The van der Waals surface area contributed by atoms with Crippen LogP contribution < -0.4 is 21.0 Å². The van der Waals surface area contributed by atoms with Crippen LogP contribution in [0.2, 0.25) is 0 Å². The number of anilines is 1. The number of nitrogen functional groups attached to an aromatic ring is 1. The highest BCUT2D eigenvalue weighted by molar-refractivity contribution is 7.52. The number of ether oxygens (including phenoxy) is 3. The lowest BCUT2D eigenvalue weighted by molar-refractivity contribution is -0.153. The van der Waals surface area contributed by atoms with E-state index in [1.807, 2.05) is 13.8 Å². The van der Waals surface area contributed by atoms with Gasteiger partial charge >= 0.3 is 25.4 Å². The van der Waals surface area contributed by atoms with Gasteiger partial charge in [-0.3, -0.25) is 18.7 Å². The number of aromatic nitrogens is 2. The van der Waals surface area contributed by atoms with E-state index < -0.39 is 68.6 Å². The molecule has 0 radical (unpaired) electrons. The molecule has 0 aliphatic carbocycles. The molecule has 1 saturated heterocycles. The van der Waals surface area contributed by atoms with Gasteiger partial charge in [0, 0.05) is 6.20 Å². The molecule has 13 nitrogen and oxygen atoms in total. The van der Waals surface area contributed by atoms with Crippen molar-refractivity contribution in [1.29, 1.82) is 0 Å². The predicted octanol–water partition coefficient (Wildman–Crippen LogP) is 4.88. The molecule has 3 aromatic rings. The van der Waals surface area contributed by atoms with Gasteiger partial charge in [-0.25, -0.2) is 18.1 Å². The number of carbonyl (C=O) groups is 2. The summed E-state index contributed by atoms with van der Waals surface area (Å²) in [6, 6.07) is 16.2. The Morgan fingerprint density at radius 1 is 1.08 bits per heavy atom. The average molecular weight is 693 g/mol. The minimum Gasteiger partial charge on any atom is -0.464 e. The summed E-state index contributed by atoms with van der Waals surface area (Å²) >= 11 is 0. The number of nitrogens with one attached hydrogen (secondary N) is 1. The Hall–Kier alpha value is -4.17. The number of rotatable bonds is 16. The maximum Gasteiger partial charge on any atom is 0.459 e. The SMILES string of the molecule is CC(C)CCOC(=O)[C@H](CC(=O)OCc1ccccc1)NP(=O)(OC[C@H]1O[C@@H](n2ccc(N)nc2=O)C(F)(F)C1C)Oc1ccccc1. The largest absolute Gasteiger partial charge is 0.464 e. The fraction of sp³-hybridized carbons (Fsp3) is 0.438. The van der Waals surface area contributed by atoms with Gasteiger partial charge in [0.15, 0.2) is 0 Å². The van der Waals surface area contributed by atoms with Gasteiger partial charge in [0.25, 0.3) is 5.92 Å². The summed E-state index contributed by atoms with van der Waals surface area (Å²) in [5, 5.41) is 2.48. The van der Waals surface area contributed by atoms with Gasteiger partial charge in [0.05, 0.1) is 31.7 Å². The third-order valence-corrected chi connectivity index (χ3v) is 9.00. The van der Waals surface area contributed by atoms with Crippen LogP contribution in [0.3, 0.4) is 0 Å². The monoisotopic (exact) mass is 692 g/mol. The second-order valence-corrected chi connectivity index (χ2v) is 13.3.